The molecule has 3 fully saturated rings. The maximum Gasteiger partial charge on any atom is 0.275 e. The first-order valence-corrected chi connectivity index (χ1v) is 29.7. The molecular weight excluding hydrogens is 1010 g/mol. The summed E-state index contributed by atoms with van der Waals surface area (Å²) in [6.45, 7) is 13.8. The number of hydrogen-bond donors (Lipinski definition) is 14. The predicted molar refractivity (Wildman–Crippen MR) is 276 cm³/mol. The third-order valence-corrected chi connectivity index (χ3v) is 14.3. The lowest BCUT2D eigenvalue weighted by Gasteiger charge is -2.29. The molecule has 0 bridgehead atoms. The third kappa shape index (κ3) is 13.1. The number of nitrogens with zero attached hydrogens (tertiary/aromatic N) is 4. The zero-order valence-corrected chi connectivity index (χ0v) is 44.3. The summed E-state index contributed by atoms with van der Waals surface area (Å²) in [5, 5.41) is 67.1. The number of carbonyl (C=O) groups is 1. The molecule has 0 aromatic carbocycles. The lowest BCUT2D eigenvalue weighted by Crippen LogP contribution is -2.38. The summed E-state index contributed by atoms with van der Waals surface area (Å²) in [5.74, 6) is 0.167. The first kappa shape index (κ1) is 58.2. The van der Waals surface area contributed by atoms with E-state index in [2.05, 4.69) is 67.3 Å². The van der Waals surface area contributed by atoms with Crippen LogP contribution < -0.4 is 27.3 Å². The van der Waals surface area contributed by atoms with E-state index in [9.17, 15) is 58.9 Å². The maximum atomic E-state index is 11.9. The Kier molecular flexibility index (Phi) is 19.5. The summed E-state index contributed by atoms with van der Waals surface area (Å²) < 4.78 is 35.1. The van der Waals surface area contributed by atoms with Crippen LogP contribution in [0, 0.1) is 0 Å². The van der Waals surface area contributed by atoms with E-state index in [1.807, 2.05) is 6.92 Å². The minimum absolute atomic E-state index is 0.0153. The molecule has 6 aromatic rings. The predicted octanol–water partition coefficient (Wildman–Crippen LogP) is 0.279. The topological polar surface area (TPSA) is 403 Å². The van der Waals surface area contributed by atoms with Gasteiger partial charge in [-0.1, -0.05) is 13.8 Å². The highest BCUT2D eigenvalue weighted by molar-refractivity contribution is 7.62. The Balaban J connectivity index is 0.000000174. The number of rotatable bonds is 14. The van der Waals surface area contributed by atoms with Crippen molar-refractivity contribution < 1.29 is 54.0 Å². The van der Waals surface area contributed by atoms with Gasteiger partial charge in [0.25, 0.3) is 16.7 Å². The van der Waals surface area contributed by atoms with Gasteiger partial charge >= 0.3 is 0 Å². The van der Waals surface area contributed by atoms with Gasteiger partial charge in [0.2, 0.25) is 0 Å². The molecule has 14 N–H and O–H groups in total. The number of H-pyrrole nitrogens is 6. The van der Waals surface area contributed by atoms with E-state index >= 15 is 0 Å². The van der Waals surface area contributed by atoms with Crippen LogP contribution in [0.5, 0.6) is 0 Å². The fourth-order valence-electron chi connectivity index (χ4n) is 9.53. The highest BCUT2D eigenvalue weighted by Crippen LogP contribution is 2.42. The molecule has 0 aliphatic carbocycles. The van der Waals surface area contributed by atoms with Crippen LogP contribution >= 0.6 is 14.3 Å². The van der Waals surface area contributed by atoms with Crippen LogP contribution in [-0.4, -0.2) is 200 Å². The summed E-state index contributed by atoms with van der Waals surface area (Å²) in [6.07, 6.45) is 5.56. The van der Waals surface area contributed by atoms with E-state index in [1.165, 1.54) is 32.8 Å². The first-order valence-electron chi connectivity index (χ1n) is 24.1. The van der Waals surface area contributed by atoms with Gasteiger partial charge in [0.1, 0.15) is 77.6 Å². The van der Waals surface area contributed by atoms with Gasteiger partial charge in [-0.05, 0) is 59.9 Å². The zero-order valence-electron chi connectivity index (χ0n) is 42.5. The van der Waals surface area contributed by atoms with Crippen LogP contribution in [0.3, 0.4) is 0 Å². The number of Topliss-reactive ketones (excluding diaryl/α,β-unsaturated/α-hetero) is 1. The lowest BCUT2D eigenvalue weighted by atomic mass is 10.0. The Bertz CT molecular complexity index is 3100. The molecule has 408 valence electrons. The van der Waals surface area contributed by atoms with Crippen LogP contribution in [-0.2, 0) is 23.4 Å². The van der Waals surface area contributed by atoms with Gasteiger partial charge in [-0.25, -0.2) is 15.0 Å². The van der Waals surface area contributed by atoms with Crippen molar-refractivity contribution in [2.75, 3.05) is 59.1 Å². The highest BCUT2D eigenvalue weighted by Gasteiger charge is 2.49. The number of aromatic amines is 6. The minimum Gasteiger partial charge on any atom is -0.395 e. The molecule has 0 unspecified atom stereocenters. The average Bonchev–Trinajstić information content (AvgIpc) is 4.20. The van der Waals surface area contributed by atoms with E-state index < -0.39 is 75.1 Å². The monoisotopic (exact) mass is 1080 g/mol. The number of aliphatic hydroxyl groups excluding tert-OH is 6. The van der Waals surface area contributed by atoms with Gasteiger partial charge in [-0.3, -0.25) is 19.3 Å². The van der Waals surface area contributed by atoms with Gasteiger partial charge in [-0.15, -0.1) is 0 Å². The van der Waals surface area contributed by atoms with Crippen molar-refractivity contribution in [3.05, 3.63) is 85.3 Å². The molecule has 3 aliphatic heterocycles. The van der Waals surface area contributed by atoms with Crippen LogP contribution in [0.25, 0.3) is 33.1 Å². The van der Waals surface area contributed by atoms with Crippen molar-refractivity contribution in [1.82, 2.24) is 60.4 Å². The smallest absolute Gasteiger partial charge is 0.275 e. The van der Waals surface area contributed by atoms with Gasteiger partial charge in [-0.2, -0.15) is 0 Å². The standard InChI is InChI=1S/C15H22N4O3.2C14H21N4O5P.C3H6O/c1-3-5-19-9(4-2)13(20)14(21)12(19)8-6-16-11-10(8)17-7-18-15(11)22;1-24(2,22)6-23-13-8(4-19)18-10(12(13)20)7-3-15-11-9(7)16-5-17-14(11)21;1-24(2,22)6-23-13-10(18-8(4-19)12(13)20)7-3-15-11-9(7)16-5-17-14(11)21;1-3(2)4/h6-7,9,12-14,16,20-21H,3-5H2,1-2H3,(H,17,18,22);2*3,5,8,10,12-13,15,18-20H,4,6H2,1-2H3,(H,16,17,21);1-2H3/t9-,12+,13-,14+;8-,10+,12+,13-;8-,10+,12-,13+;/m111./s1. The van der Waals surface area contributed by atoms with Crippen LogP contribution in [0.15, 0.2) is 52.0 Å². The number of aromatic nitrogens is 9. The van der Waals surface area contributed by atoms with Crippen molar-refractivity contribution in [1.29, 1.82) is 0 Å². The number of aliphatic hydroxyl groups is 6. The first-order chi connectivity index (χ1) is 35.0. The number of ether oxygens (including phenoxy) is 2. The molecular formula is C46H70N12O14P2. The molecule has 6 aromatic heterocycles. The van der Waals surface area contributed by atoms with Crippen molar-refractivity contribution >= 4 is 53.2 Å². The zero-order chi connectivity index (χ0) is 54.4. The quantitative estimate of drug-likeness (QED) is 0.0651. The average molecular weight is 1080 g/mol. The van der Waals surface area contributed by atoms with Gasteiger partial charge < -0.3 is 94.6 Å². The number of ketones is 1. The molecule has 9 rings (SSSR count). The Labute approximate surface area is 424 Å². The summed E-state index contributed by atoms with van der Waals surface area (Å²) >= 11 is 0. The number of carbonyl (C=O) groups excluding carboxylic acids is 1. The number of fused-ring (bicyclic) bond motifs is 3. The van der Waals surface area contributed by atoms with E-state index in [1.54, 1.807) is 45.2 Å². The second kappa shape index (κ2) is 24.7. The fraction of sp³-hybridized carbons (Fsp3) is 0.587. The normalized spacial score (nSPS) is 27.2. The molecule has 3 saturated heterocycles. The van der Waals surface area contributed by atoms with Crippen molar-refractivity contribution in [3.8, 4) is 0 Å². The molecule has 0 amide bonds. The summed E-state index contributed by atoms with van der Waals surface area (Å²) in [6, 6.07) is -2.60. The molecule has 0 saturated carbocycles. The Morgan fingerprint density at radius 1 is 0.608 bits per heavy atom. The fourth-order valence-corrected chi connectivity index (χ4v) is 10.6. The SMILES string of the molecule is CC(C)=O.CCCN1[C@H](CC)[C@@H](O)[C@@H](O)[C@@H]1c1c[nH]c2c(=O)[nH]cnc12.CP(C)(=O)CO[C@@H]1[C@H](O)[C@@H](CO)N[C@H]1c1c[nH]c2c(=O)[nH]cnc12.CP(C)(=O)CO[C@H]1[C@@H](O)[C@H](c2c[nH]c3c(=O)[nH]cnc23)N[C@@H]1CO. The van der Waals surface area contributed by atoms with E-state index in [-0.39, 0.29) is 60.5 Å². The highest BCUT2D eigenvalue weighted by atomic mass is 31.2. The number of nitrogens with one attached hydrogen (secondary N) is 8. The minimum atomic E-state index is -2.43. The van der Waals surface area contributed by atoms with E-state index in [0.29, 0.717) is 44.2 Å². The Hall–Kier alpha value is -5.05. The van der Waals surface area contributed by atoms with E-state index in [0.717, 1.165) is 24.9 Å². The second-order valence-electron chi connectivity index (χ2n) is 19.7. The maximum absolute atomic E-state index is 11.9. The summed E-state index contributed by atoms with van der Waals surface area (Å²) in [5.41, 5.74) is 3.70. The van der Waals surface area contributed by atoms with Gasteiger partial charge in [0.05, 0.1) is 87.3 Å². The Morgan fingerprint density at radius 3 is 1.46 bits per heavy atom. The second-order valence-corrected chi connectivity index (χ2v) is 26.5. The van der Waals surface area contributed by atoms with Gasteiger partial charge in [0, 0.05) is 41.3 Å². The molecule has 0 spiro atoms. The van der Waals surface area contributed by atoms with Crippen molar-refractivity contribution in [2.45, 2.75) is 113 Å². The molecule has 26 nitrogen and oxygen atoms in total. The van der Waals surface area contributed by atoms with Crippen LogP contribution in [0.1, 0.15) is 75.4 Å². The van der Waals surface area contributed by atoms with E-state index in [4.69, 9.17) is 9.47 Å². The molecule has 9 heterocycles. The third-order valence-electron chi connectivity index (χ3n) is 12.7. The number of hydrogen-bond acceptors (Lipinski definition) is 20. The van der Waals surface area contributed by atoms with Crippen molar-refractivity contribution in [3.63, 3.8) is 0 Å². The summed E-state index contributed by atoms with van der Waals surface area (Å²) in [4.78, 5) is 75.8. The number of likely N-dealkylation sites (tertiary alicyclic amines) is 1. The molecule has 28 heteroatoms. The van der Waals surface area contributed by atoms with Crippen LogP contribution in [0.2, 0.25) is 0 Å². The summed E-state index contributed by atoms with van der Waals surface area (Å²) in [7, 11) is -4.85. The molecule has 12 atom stereocenters. The van der Waals surface area contributed by atoms with Gasteiger partial charge in [0.15, 0.2) is 0 Å². The molecule has 3 aliphatic rings. The van der Waals surface area contributed by atoms with Crippen LogP contribution in [0.4, 0.5) is 0 Å². The van der Waals surface area contributed by atoms with Crippen molar-refractivity contribution in [2.24, 2.45) is 0 Å². The molecule has 74 heavy (non-hydrogen) atoms. The largest absolute Gasteiger partial charge is 0.395 e. The lowest BCUT2D eigenvalue weighted by molar-refractivity contribution is -0.115. The molecule has 0 radical (unpaired) electrons. The Morgan fingerprint density at radius 2 is 1.03 bits per heavy atom.